The van der Waals surface area contributed by atoms with Gasteiger partial charge in [0, 0.05) is 12.3 Å². The van der Waals surface area contributed by atoms with Gasteiger partial charge >= 0.3 is 6.03 Å². The lowest BCUT2D eigenvalue weighted by Gasteiger charge is -2.16. The maximum absolute atomic E-state index is 12.6. The first-order valence-corrected chi connectivity index (χ1v) is 11.4. The summed E-state index contributed by atoms with van der Waals surface area (Å²) in [6.45, 7) is 0.401. The molecule has 3 aromatic rings. The summed E-state index contributed by atoms with van der Waals surface area (Å²) < 4.78 is 17.1. The highest BCUT2D eigenvalue weighted by atomic mass is 35.5. The number of nitrogens with zero attached hydrogens (tertiary/aromatic N) is 4. The van der Waals surface area contributed by atoms with Crippen molar-refractivity contribution in [2.75, 3.05) is 30.5 Å². The average molecular weight is 509 g/mol. The fraction of sp³-hybridized carbons (Fsp3) is 0.250. The molecule has 2 N–H and O–H groups in total. The fourth-order valence-corrected chi connectivity index (χ4v) is 3.44. The minimum Gasteiger partial charge on any atom is -0.491 e. The normalized spacial score (nSPS) is 13.7. The lowest BCUT2D eigenvalue weighted by Crippen LogP contribution is -2.21. The standard InChI is InChI=1S/C24H21ClN6O5/c25-15-10-17-21(11-20(15)36-14-19(32)16-6-2-3-7-27-16)34-8-4-1-5-9-35-23-18(12-26)28-13-22(30-23)31-24(33)29-17/h2-3,6-7,10-11,13H,1,4-5,8-9,14H2,(H2,29,30,31,33). The third-order valence-corrected chi connectivity index (χ3v) is 5.26. The van der Waals surface area contributed by atoms with E-state index in [-0.39, 0.29) is 51.9 Å². The van der Waals surface area contributed by atoms with Crippen LogP contribution in [-0.4, -0.2) is 46.6 Å². The van der Waals surface area contributed by atoms with Gasteiger partial charge in [-0.2, -0.15) is 10.2 Å². The van der Waals surface area contributed by atoms with Gasteiger partial charge < -0.3 is 19.5 Å². The number of anilines is 2. The highest BCUT2D eigenvalue weighted by Crippen LogP contribution is 2.36. The van der Waals surface area contributed by atoms with Crippen LogP contribution in [0.25, 0.3) is 0 Å². The molecular weight excluding hydrogens is 488 g/mol. The van der Waals surface area contributed by atoms with Crippen molar-refractivity contribution in [3.05, 3.63) is 59.1 Å². The second kappa shape index (κ2) is 11.8. The lowest BCUT2D eigenvalue weighted by atomic mass is 10.2. The summed E-state index contributed by atoms with van der Waals surface area (Å²) in [4.78, 5) is 37.1. The number of carbonyl (C=O) groups excluding carboxylic acids is 2. The van der Waals surface area contributed by atoms with Crippen LogP contribution in [0.4, 0.5) is 16.3 Å². The number of aromatic nitrogens is 3. The Labute approximate surface area is 211 Å². The number of rotatable bonds is 4. The van der Waals surface area contributed by atoms with E-state index in [9.17, 15) is 14.9 Å². The number of Topliss-reactive ketones (excluding diaryl/α,β-unsaturated/α-hetero) is 1. The number of benzene rings is 1. The second-order valence-corrected chi connectivity index (χ2v) is 7.97. The van der Waals surface area contributed by atoms with Crippen molar-refractivity contribution in [3.8, 4) is 23.4 Å². The van der Waals surface area contributed by atoms with Crippen molar-refractivity contribution in [3.63, 3.8) is 0 Å². The summed E-state index contributed by atoms with van der Waals surface area (Å²) in [7, 11) is 0. The van der Waals surface area contributed by atoms with Crippen LogP contribution in [-0.2, 0) is 0 Å². The first-order chi connectivity index (χ1) is 17.5. The molecule has 1 aliphatic rings. The van der Waals surface area contributed by atoms with Crippen LogP contribution in [0.3, 0.4) is 0 Å². The molecule has 1 aromatic carbocycles. The van der Waals surface area contributed by atoms with Crippen molar-refractivity contribution in [1.82, 2.24) is 15.0 Å². The van der Waals surface area contributed by atoms with E-state index >= 15 is 0 Å². The van der Waals surface area contributed by atoms with E-state index in [1.165, 1.54) is 24.5 Å². The molecule has 2 bridgehead atoms. The monoisotopic (exact) mass is 508 g/mol. The van der Waals surface area contributed by atoms with Crippen molar-refractivity contribution in [2.24, 2.45) is 0 Å². The lowest BCUT2D eigenvalue weighted by molar-refractivity contribution is 0.0916. The highest BCUT2D eigenvalue weighted by molar-refractivity contribution is 6.32. The quantitative estimate of drug-likeness (QED) is 0.493. The molecule has 3 heterocycles. The Hall–Kier alpha value is -4.43. The third-order valence-electron chi connectivity index (χ3n) is 4.96. The third kappa shape index (κ3) is 6.37. The van der Waals surface area contributed by atoms with Gasteiger partial charge in [-0.05, 0) is 37.5 Å². The zero-order valence-corrected chi connectivity index (χ0v) is 19.7. The van der Waals surface area contributed by atoms with Gasteiger partial charge in [-0.15, -0.1) is 0 Å². The minimum atomic E-state index is -0.644. The van der Waals surface area contributed by atoms with Gasteiger partial charge in [-0.3, -0.25) is 15.1 Å². The molecule has 12 heteroatoms. The molecule has 0 atom stereocenters. The van der Waals surface area contributed by atoms with Crippen LogP contribution in [0, 0.1) is 11.3 Å². The molecule has 2 amide bonds. The molecule has 11 nitrogen and oxygen atoms in total. The van der Waals surface area contributed by atoms with Crippen molar-refractivity contribution >= 4 is 34.9 Å². The van der Waals surface area contributed by atoms with E-state index in [0.29, 0.717) is 31.8 Å². The van der Waals surface area contributed by atoms with E-state index in [0.717, 1.165) is 6.42 Å². The van der Waals surface area contributed by atoms with Gasteiger partial charge in [0.05, 0.1) is 30.1 Å². The predicted octanol–water partition coefficient (Wildman–Crippen LogP) is 4.24. The molecule has 0 saturated heterocycles. The molecule has 0 spiro atoms. The zero-order valence-electron chi connectivity index (χ0n) is 19.0. The summed E-state index contributed by atoms with van der Waals surface area (Å²) in [5.41, 5.74) is 0.587. The summed E-state index contributed by atoms with van der Waals surface area (Å²) in [5, 5.41) is 14.6. The number of ketones is 1. The van der Waals surface area contributed by atoms with Gasteiger partial charge in [0.1, 0.15) is 23.3 Å². The number of carbonyl (C=O) groups is 2. The number of nitriles is 1. The summed E-state index contributed by atoms with van der Waals surface area (Å²) in [5.74, 6) is 0.361. The number of amides is 2. The number of halogens is 1. The Kier molecular flexibility index (Phi) is 8.10. The van der Waals surface area contributed by atoms with E-state index < -0.39 is 6.03 Å². The molecule has 1 aliphatic heterocycles. The molecule has 0 fully saturated rings. The summed E-state index contributed by atoms with van der Waals surface area (Å²) in [6, 6.07) is 9.27. The van der Waals surface area contributed by atoms with Crippen LogP contribution < -0.4 is 24.8 Å². The SMILES string of the molecule is N#Cc1ncc2nc1OCCCCCOc1cc(OCC(=O)c3ccccn3)c(Cl)cc1NC(=O)N2. The predicted molar refractivity (Wildman–Crippen MR) is 130 cm³/mol. The van der Waals surface area contributed by atoms with E-state index in [2.05, 4.69) is 25.6 Å². The van der Waals surface area contributed by atoms with E-state index in [4.69, 9.17) is 25.8 Å². The summed E-state index contributed by atoms with van der Waals surface area (Å²) >= 11 is 6.37. The number of urea groups is 1. The zero-order chi connectivity index (χ0) is 25.3. The molecular formula is C24H21ClN6O5. The Morgan fingerprint density at radius 2 is 1.97 bits per heavy atom. The van der Waals surface area contributed by atoms with Gasteiger partial charge in [0.2, 0.25) is 11.5 Å². The maximum atomic E-state index is 12.6. The van der Waals surface area contributed by atoms with Crippen LogP contribution >= 0.6 is 11.6 Å². The van der Waals surface area contributed by atoms with Crippen molar-refractivity contribution in [1.29, 1.82) is 5.26 Å². The number of hydrogen-bond donors (Lipinski definition) is 2. The Bertz CT molecular complexity index is 1300. The number of fused-ring (bicyclic) bond motifs is 3. The van der Waals surface area contributed by atoms with Gasteiger partial charge in [-0.25, -0.2) is 9.78 Å². The smallest absolute Gasteiger partial charge is 0.325 e. The fourth-order valence-electron chi connectivity index (χ4n) is 3.22. The molecule has 0 aliphatic carbocycles. The largest absolute Gasteiger partial charge is 0.491 e. The number of pyridine rings is 1. The maximum Gasteiger partial charge on any atom is 0.325 e. The highest BCUT2D eigenvalue weighted by Gasteiger charge is 2.17. The van der Waals surface area contributed by atoms with Gasteiger partial charge in [0.15, 0.2) is 12.4 Å². The molecule has 0 unspecified atom stereocenters. The Morgan fingerprint density at radius 3 is 2.75 bits per heavy atom. The Balaban J connectivity index is 1.54. The van der Waals surface area contributed by atoms with Gasteiger partial charge in [-0.1, -0.05) is 17.7 Å². The van der Waals surface area contributed by atoms with Crippen molar-refractivity contribution < 1.29 is 23.8 Å². The molecule has 2 aromatic heterocycles. The van der Waals surface area contributed by atoms with E-state index in [1.807, 2.05) is 6.07 Å². The second-order valence-electron chi connectivity index (χ2n) is 7.56. The first kappa shape index (κ1) is 24.7. The number of hydrogen-bond acceptors (Lipinski definition) is 9. The van der Waals surface area contributed by atoms with Crippen LogP contribution in [0.1, 0.15) is 35.4 Å². The molecule has 184 valence electrons. The first-order valence-electron chi connectivity index (χ1n) is 11.0. The van der Waals surface area contributed by atoms with Crippen LogP contribution in [0.2, 0.25) is 5.02 Å². The van der Waals surface area contributed by atoms with Crippen molar-refractivity contribution in [2.45, 2.75) is 19.3 Å². The minimum absolute atomic E-state index is 0.0276. The van der Waals surface area contributed by atoms with Crippen LogP contribution in [0.5, 0.6) is 17.4 Å². The average Bonchev–Trinajstić information content (AvgIpc) is 2.88. The van der Waals surface area contributed by atoms with Gasteiger partial charge in [0.25, 0.3) is 5.88 Å². The molecule has 4 rings (SSSR count). The topological polar surface area (TPSA) is 148 Å². The van der Waals surface area contributed by atoms with E-state index in [1.54, 1.807) is 18.2 Å². The number of ether oxygens (including phenoxy) is 3. The van der Waals surface area contributed by atoms with Crippen LogP contribution in [0.15, 0.2) is 42.7 Å². The molecule has 0 radical (unpaired) electrons. The molecule has 0 saturated carbocycles. The Morgan fingerprint density at radius 1 is 1.14 bits per heavy atom. The molecule has 36 heavy (non-hydrogen) atoms. The summed E-state index contributed by atoms with van der Waals surface area (Å²) in [6.07, 6.45) is 4.95. The number of nitrogens with one attached hydrogen (secondary N) is 2.